The van der Waals surface area contributed by atoms with Gasteiger partial charge in [-0.2, -0.15) is 0 Å². The second kappa shape index (κ2) is 11.6. The van der Waals surface area contributed by atoms with E-state index in [9.17, 15) is 14.4 Å². The molecule has 4 aromatic rings. The normalized spacial score (nSPS) is 14.3. The van der Waals surface area contributed by atoms with Crippen molar-refractivity contribution in [1.29, 1.82) is 0 Å². The highest BCUT2D eigenvalue weighted by atomic mass is 32.1. The monoisotopic (exact) mass is 531 g/mol. The van der Waals surface area contributed by atoms with Gasteiger partial charge in [0.1, 0.15) is 18.1 Å². The van der Waals surface area contributed by atoms with Crippen LogP contribution in [-0.4, -0.2) is 45.4 Å². The number of hydrogen-bond acceptors (Lipinski definition) is 7. The van der Waals surface area contributed by atoms with E-state index < -0.39 is 12.0 Å². The molecule has 1 N–H and O–H groups in total. The number of fused-ring (bicyclic) bond motifs is 1. The highest BCUT2D eigenvalue weighted by molar-refractivity contribution is 7.10. The number of amides is 2. The van der Waals surface area contributed by atoms with Gasteiger partial charge in [0.15, 0.2) is 0 Å². The van der Waals surface area contributed by atoms with Gasteiger partial charge in [0.05, 0.1) is 17.7 Å². The lowest BCUT2D eigenvalue weighted by Gasteiger charge is -2.31. The van der Waals surface area contributed by atoms with Gasteiger partial charge in [0, 0.05) is 16.6 Å². The Balaban J connectivity index is 1.53. The summed E-state index contributed by atoms with van der Waals surface area (Å²) in [6, 6.07) is 16.9. The summed E-state index contributed by atoms with van der Waals surface area (Å²) in [4.78, 5) is 42.3. The third kappa shape index (κ3) is 5.45. The SMILES string of the molecule is CCOC(=O)c1ccc(N(C(=O)Cn2nnc3ccccc32)C(C(=O)NC2CCCC2)c2cccs2)cc1. The van der Waals surface area contributed by atoms with E-state index in [1.54, 1.807) is 31.2 Å². The fourth-order valence-corrected chi connectivity index (χ4v) is 5.63. The van der Waals surface area contributed by atoms with Crippen molar-refractivity contribution in [3.8, 4) is 0 Å². The van der Waals surface area contributed by atoms with Crippen LogP contribution in [0.25, 0.3) is 11.0 Å². The molecule has 2 heterocycles. The van der Waals surface area contributed by atoms with E-state index in [2.05, 4.69) is 15.6 Å². The van der Waals surface area contributed by atoms with Crippen LogP contribution in [0.3, 0.4) is 0 Å². The molecule has 0 spiro atoms. The number of esters is 1. The van der Waals surface area contributed by atoms with Crippen molar-refractivity contribution in [1.82, 2.24) is 20.3 Å². The average Bonchev–Trinajstić information content (AvgIpc) is 3.71. The van der Waals surface area contributed by atoms with Gasteiger partial charge in [0.25, 0.3) is 0 Å². The maximum Gasteiger partial charge on any atom is 0.338 e. The van der Waals surface area contributed by atoms with E-state index in [4.69, 9.17) is 4.74 Å². The number of carbonyl (C=O) groups excluding carboxylic acids is 3. The molecule has 2 aromatic carbocycles. The summed E-state index contributed by atoms with van der Waals surface area (Å²) in [5, 5.41) is 13.4. The Bertz CT molecular complexity index is 1410. The molecule has 2 aromatic heterocycles. The molecule has 0 aliphatic heterocycles. The number of carbonyl (C=O) groups is 3. The molecule has 5 rings (SSSR count). The Morgan fingerprint density at radius 2 is 1.84 bits per heavy atom. The number of benzene rings is 2. The molecular weight excluding hydrogens is 502 g/mol. The molecule has 0 bridgehead atoms. The Labute approximate surface area is 224 Å². The fourth-order valence-electron chi connectivity index (χ4n) is 4.82. The van der Waals surface area contributed by atoms with Gasteiger partial charge in [-0.1, -0.05) is 36.3 Å². The highest BCUT2D eigenvalue weighted by Crippen LogP contribution is 2.32. The zero-order valence-corrected chi connectivity index (χ0v) is 21.9. The lowest BCUT2D eigenvalue weighted by molar-refractivity contribution is -0.127. The van der Waals surface area contributed by atoms with E-state index >= 15 is 0 Å². The smallest absolute Gasteiger partial charge is 0.338 e. The van der Waals surface area contributed by atoms with Crippen molar-refractivity contribution < 1.29 is 19.1 Å². The van der Waals surface area contributed by atoms with E-state index in [1.165, 1.54) is 20.9 Å². The second-order valence-electron chi connectivity index (χ2n) is 9.17. The maximum atomic E-state index is 14.0. The van der Waals surface area contributed by atoms with E-state index in [1.807, 2.05) is 41.8 Å². The van der Waals surface area contributed by atoms with E-state index in [0.717, 1.165) is 36.1 Å². The molecule has 2 amide bonds. The second-order valence-corrected chi connectivity index (χ2v) is 10.2. The van der Waals surface area contributed by atoms with Gasteiger partial charge in [-0.3, -0.25) is 14.5 Å². The van der Waals surface area contributed by atoms with Gasteiger partial charge in [-0.15, -0.1) is 16.4 Å². The number of aromatic nitrogens is 3. The van der Waals surface area contributed by atoms with Crippen LogP contribution in [0, 0.1) is 0 Å². The summed E-state index contributed by atoms with van der Waals surface area (Å²) in [6.45, 7) is 1.90. The van der Waals surface area contributed by atoms with Crippen molar-refractivity contribution in [3.05, 3.63) is 76.5 Å². The van der Waals surface area contributed by atoms with Gasteiger partial charge in [-0.25, -0.2) is 9.48 Å². The molecule has 1 atom stereocenters. The van der Waals surface area contributed by atoms with Crippen LogP contribution in [0.2, 0.25) is 0 Å². The first-order valence-electron chi connectivity index (χ1n) is 12.8. The third-order valence-electron chi connectivity index (χ3n) is 6.65. The summed E-state index contributed by atoms with van der Waals surface area (Å²) < 4.78 is 6.64. The van der Waals surface area contributed by atoms with Gasteiger partial charge in [0.2, 0.25) is 11.8 Å². The summed E-state index contributed by atoms with van der Waals surface area (Å²) in [7, 11) is 0. The fraction of sp³-hybridized carbons (Fsp3) is 0.321. The molecule has 1 fully saturated rings. The predicted octanol–water partition coefficient (Wildman–Crippen LogP) is 4.50. The molecule has 1 saturated carbocycles. The van der Waals surface area contributed by atoms with Crippen molar-refractivity contribution >= 4 is 45.8 Å². The summed E-state index contributed by atoms with van der Waals surface area (Å²) >= 11 is 1.42. The van der Waals surface area contributed by atoms with Gasteiger partial charge in [-0.05, 0) is 67.6 Å². The maximum absolute atomic E-state index is 14.0. The molecule has 196 valence electrons. The zero-order valence-electron chi connectivity index (χ0n) is 21.1. The van der Waals surface area contributed by atoms with Crippen molar-refractivity contribution in [2.45, 2.75) is 51.2 Å². The number of rotatable bonds is 9. The number of thiophene rings is 1. The number of nitrogens with zero attached hydrogens (tertiary/aromatic N) is 4. The molecule has 1 aliphatic carbocycles. The Hall–Kier alpha value is -4.05. The molecule has 9 nitrogen and oxygen atoms in total. The van der Waals surface area contributed by atoms with Crippen LogP contribution in [0.15, 0.2) is 66.0 Å². The first-order valence-corrected chi connectivity index (χ1v) is 13.6. The minimum Gasteiger partial charge on any atom is -0.462 e. The topological polar surface area (TPSA) is 106 Å². The van der Waals surface area contributed by atoms with Crippen LogP contribution in [0.1, 0.15) is 53.9 Å². The quantitative estimate of drug-likeness (QED) is 0.319. The van der Waals surface area contributed by atoms with Crippen LogP contribution in [-0.2, 0) is 20.9 Å². The van der Waals surface area contributed by atoms with E-state index in [-0.39, 0.29) is 31.0 Å². The third-order valence-corrected chi connectivity index (χ3v) is 7.58. The summed E-state index contributed by atoms with van der Waals surface area (Å²) in [5.41, 5.74) is 2.27. The number of nitrogens with one attached hydrogen (secondary N) is 1. The highest BCUT2D eigenvalue weighted by Gasteiger charge is 2.35. The molecule has 1 unspecified atom stereocenters. The first kappa shape index (κ1) is 25.6. The summed E-state index contributed by atoms with van der Waals surface area (Å²) in [6.07, 6.45) is 4.00. The lowest BCUT2D eigenvalue weighted by atomic mass is 10.1. The standard InChI is InChI=1S/C28H29N5O4S/c1-2-37-28(36)19-13-15-21(16-14-19)33(25(34)18-32-23-11-6-5-10-22(23)30-31-32)26(24-12-7-17-38-24)27(35)29-20-8-3-4-9-20/h5-7,10-17,20,26H,2-4,8-9,18H2,1H3,(H,29,35). The largest absolute Gasteiger partial charge is 0.462 e. The number of para-hydroxylation sites is 1. The minimum absolute atomic E-state index is 0.0902. The van der Waals surface area contributed by atoms with Crippen molar-refractivity contribution in [2.24, 2.45) is 0 Å². The molecule has 38 heavy (non-hydrogen) atoms. The van der Waals surface area contributed by atoms with E-state index in [0.29, 0.717) is 16.8 Å². The zero-order chi connectivity index (χ0) is 26.5. The number of ether oxygens (including phenoxy) is 1. The Kier molecular flexibility index (Phi) is 7.78. The minimum atomic E-state index is -0.883. The predicted molar refractivity (Wildman–Crippen MR) is 145 cm³/mol. The van der Waals surface area contributed by atoms with Crippen molar-refractivity contribution in [2.75, 3.05) is 11.5 Å². The number of anilines is 1. The van der Waals surface area contributed by atoms with Crippen LogP contribution < -0.4 is 10.2 Å². The van der Waals surface area contributed by atoms with Crippen LogP contribution in [0.4, 0.5) is 5.69 Å². The van der Waals surface area contributed by atoms with Crippen molar-refractivity contribution in [3.63, 3.8) is 0 Å². The van der Waals surface area contributed by atoms with Crippen LogP contribution >= 0.6 is 11.3 Å². The van der Waals surface area contributed by atoms with Gasteiger partial charge < -0.3 is 10.1 Å². The Morgan fingerprint density at radius 3 is 2.55 bits per heavy atom. The number of hydrogen-bond donors (Lipinski definition) is 1. The average molecular weight is 532 g/mol. The van der Waals surface area contributed by atoms with Crippen LogP contribution in [0.5, 0.6) is 0 Å². The molecule has 1 aliphatic rings. The first-order chi connectivity index (χ1) is 18.5. The summed E-state index contributed by atoms with van der Waals surface area (Å²) in [5.74, 6) is -1.00. The molecule has 0 radical (unpaired) electrons. The lowest BCUT2D eigenvalue weighted by Crippen LogP contribution is -2.47. The molecular formula is C28H29N5O4S. The Morgan fingerprint density at radius 1 is 1.08 bits per heavy atom. The molecule has 0 saturated heterocycles. The molecule has 10 heteroatoms. The van der Waals surface area contributed by atoms with Gasteiger partial charge >= 0.3 is 5.97 Å².